The number of rotatable bonds is 6. The van der Waals surface area contributed by atoms with Crippen molar-refractivity contribution < 1.29 is 13.2 Å². The molecule has 0 spiro atoms. The molecular formula is C14H23N3O3S. The van der Waals surface area contributed by atoms with Gasteiger partial charge in [-0.05, 0) is 37.6 Å². The van der Waals surface area contributed by atoms with E-state index in [1.54, 1.807) is 19.1 Å². The number of nitrogens with two attached hydrogens (primary N) is 1. The minimum absolute atomic E-state index is 0.258. The first-order valence-corrected chi connectivity index (χ1v) is 8.63. The normalized spacial score (nSPS) is 17.0. The Morgan fingerprint density at radius 1 is 1.33 bits per heavy atom. The Labute approximate surface area is 126 Å². The van der Waals surface area contributed by atoms with E-state index in [4.69, 9.17) is 10.5 Å². The summed E-state index contributed by atoms with van der Waals surface area (Å²) >= 11 is 0. The van der Waals surface area contributed by atoms with Crippen LogP contribution in [0.1, 0.15) is 12.0 Å². The molecule has 0 atom stereocenters. The van der Waals surface area contributed by atoms with Crippen molar-refractivity contribution in [1.82, 2.24) is 9.62 Å². The zero-order valence-electron chi connectivity index (χ0n) is 12.3. The van der Waals surface area contributed by atoms with Crippen molar-refractivity contribution in [3.05, 3.63) is 23.8 Å². The van der Waals surface area contributed by atoms with E-state index >= 15 is 0 Å². The summed E-state index contributed by atoms with van der Waals surface area (Å²) in [7, 11) is -3.49. The number of anilines is 1. The van der Waals surface area contributed by atoms with Crippen molar-refractivity contribution >= 4 is 15.7 Å². The van der Waals surface area contributed by atoms with Gasteiger partial charge in [-0.15, -0.1) is 0 Å². The van der Waals surface area contributed by atoms with Crippen LogP contribution in [0.15, 0.2) is 23.1 Å². The summed E-state index contributed by atoms with van der Waals surface area (Å²) < 4.78 is 32.4. The summed E-state index contributed by atoms with van der Waals surface area (Å²) in [5.41, 5.74) is 6.82. The number of ether oxygens (including phenoxy) is 1. The lowest BCUT2D eigenvalue weighted by Gasteiger charge is -2.26. The van der Waals surface area contributed by atoms with Gasteiger partial charge in [-0.2, -0.15) is 0 Å². The number of benzene rings is 1. The van der Waals surface area contributed by atoms with Crippen LogP contribution in [0.4, 0.5) is 5.69 Å². The first kappa shape index (κ1) is 16.2. The molecule has 1 aliphatic rings. The molecule has 2 rings (SSSR count). The maximum Gasteiger partial charge on any atom is 0.240 e. The second kappa shape index (κ2) is 7.22. The third-order valence-electron chi connectivity index (χ3n) is 3.55. The third kappa shape index (κ3) is 4.67. The molecule has 21 heavy (non-hydrogen) atoms. The van der Waals surface area contributed by atoms with Gasteiger partial charge in [-0.3, -0.25) is 4.90 Å². The number of hydrogen-bond acceptors (Lipinski definition) is 5. The highest BCUT2D eigenvalue weighted by atomic mass is 32.2. The monoisotopic (exact) mass is 313 g/mol. The molecule has 0 bridgehead atoms. The summed E-state index contributed by atoms with van der Waals surface area (Å²) in [6, 6.07) is 4.92. The topological polar surface area (TPSA) is 84.7 Å². The smallest absolute Gasteiger partial charge is 0.240 e. The molecule has 1 saturated heterocycles. The summed E-state index contributed by atoms with van der Waals surface area (Å²) in [4.78, 5) is 2.54. The lowest BCUT2D eigenvalue weighted by atomic mass is 10.2. The van der Waals surface area contributed by atoms with Crippen LogP contribution in [0, 0.1) is 6.92 Å². The van der Waals surface area contributed by atoms with Gasteiger partial charge in [0, 0.05) is 25.3 Å². The molecule has 3 N–H and O–H groups in total. The molecule has 118 valence electrons. The summed E-state index contributed by atoms with van der Waals surface area (Å²) in [5.74, 6) is 0. The number of hydrogen-bond donors (Lipinski definition) is 2. The van der Waals surface area contributed by atoms with E-state index in [0.717, 1.165) is 39.3 Å². The Bertz CT molecular complexity index is 569. The molecule has 6 nitrogen and oxygen atoms in total. The van der Waals surface area contributed by atoms with E-state index < -0.39 is 10.0 Å². The van der Waals surface area contributed by atoms with Crippen LogP contribution in [-0.2, 0) is 14.8 Å². The van der Waals surface area contributed by atoms with Crippen molar-refractivity contribution in [3.8, 4) is 0 Å². The highest BCUT2D eigenvalue weighted by Crippen LogP contribution is 2.17. The molecule has 1 aromatic carbocycles. The molecule has 0 aromatic heterocycles. The molecule has 1 fully saturated rings. The Hall–Kier alpha value is -1.15. The van der Waals surface area contributed by atoms with E-state index in [9.17, 15) is 8.42 Å². The standard InChI is InChI=1S/C14H23N3O3S/c1-12-3-4-13(15)11-14(12)21(18,19)16-5-2-6-17-7-9-20-10-8-17/h3-4,11,16H,2,5-10,15H2,1H3. The van der Waals surface area contributed by atoms with Crippen molar-refractivity contribution in [1.29, 1.82) is 0 Å². The lowest BCUT2D eigenvalue weighted by molar-refractivity contribution is 0.0376. The summed E-state index contributed by atoms with van der Waals surface area (Å²) in [6.45, 7) is 6.42. The Balaban J connectivity index is 1.85. The molecule has 0 radical (unpaired) electrons. The van der Waals surface area contributed by atoms with E-state index in [2.05, 4.69) is 9.62 Å². The highest BCUT2D eigenvalue weighted by molar-refractivity contribution is 7.89. The maximum absolute atomic E-state index is 12.3. The summed E-state index contributed by atoms with van der Waals surface area (Å²) in [5, 5.41) is 0. The Kier molecular flexibility index (Phi) is 5.58. The third-order valence-corrected chi connectivity index (χ3v) is 5.15. The van der Waals surface area contributed by atoms with Crippen LogP contribution < -0.4 is 10.5 Å². The molecule has 1 heterocycles. The quantitative estimate of drug-likeness (QED) is 0.593. The molecule has 0 amide bonds. The van der Waals surface area contributed by atoms with Gasteiger partial charge in [-0.1, -0.05) is 6.07 Å². The van der Waals surface area contributed by atoms with Crippen molar-refractivity contribution in [2.24, 2.45) is 0 Å². The van der Waals surface area contributed by atoms with Crippen LogP contribution in [-0.4, -0.2) is 52.7 Å². The van der Waals surface area contributed by atoms with Gasteiger partial charge < -0.3 is 10.5 Å². The number of nitrogens with zero attached hydrogens (tertiary/aromatic N) is 1. The molecular weight excluding hydrogens is 290 g/mol. The van der Waals surface area contributed by atoms with Crippen LogP contribution in [0.2, 0.25) is 0 Å². The van der Waals surface area contributed by atoms with Crippen LogP contribution in [0.25, 0.3) is 0 Å². The minimum Gasteiger partial charge on any atom is -0.399 e. The van der Waals surface area contributed by atoms with Crippen molar-refractivity contribution in [2.75, 3.05) is 45.1 Å². The van der Waals surface area contributed by atoms with Gasteiger partial charge in [0.05, 0.1) is 18.1 Å². The molecule has 1 aromatic rings. The van der Waals surface area contributed by atoms with Crippen molar-refractivity contribution in [2.45, 2.75) is 18.2 Å². The molecule has 0 saturated carbocycles. The van der Waals surface area contributed by atoms with Gasteiger partial charge in [0.1, 0.15) is 0 Å². The Morgan fingerprint density at radius 3 is 2.76 bits per heavy atom. The van der Waals surface area contributed by atoms with E-state index in [1.807, 2.05) is 0 Å². The van der Waals surface area contributed by atoms with E-state index in [1.165, 1.54) is 6.07 Å². The number of nitrogen functional groups attached to an aromatic ring is 1. The lowest BCUT2D eigenvalue weighted by Crippen LogP contribution is -2.38. The van der Waals surface area contributed by atoms with Crippen LogP contribution in [0.3, 0.4) is 0 Å². The van der Waals surface area contributed by atoms with E-state index in [0.29, 0.717) is 17.8 Å². The van der Waals surface area contributed by atoms with Gasteiger partial charge in [0.15, 0.2) is 0 Å². The molecule has 7 heteroatoms. The molecule has 0 unspecified atom stereocenters. The van der Waals surface area contributed by atoms with Gasteiger partial charge in [0.2, 0.25) is 10.0 Å². The fraction of sp³-hybridized carbons (Fsp3) is 0.571. The Morgan fingerprint density at radius 2 is 2.05 bits per heavy atom. The summed E-state index contributed by atoms with van der Waals surface area (Å²) in [6.07, 6.45) is 0.778. The van der Waals surface area contributed by atoms with Gasteiger partial charge >= 0.3 is 0 Å². The predicted octanol–water partition coefficient (Wildman–Crippen LogP) is 0.578. The number of nitrogens with one attached hydrogen (secondary N) is 1. The number of morpholine rings is 1. The van der Waals surface area contributed by atoms with Gasteiger partial charge in [-0.25, -0.2) is 13.1 Å². The van der Waals surface area contributed by atoms with Crippen molar-refractivity contribution in [3.63, 3.8) is 0 Å². The van der Waals surface area contributed by atoms with E-state index in [-0.39, 0.29) is 4.90 Å². The zero-order valence-corrected chi connectivity index (χ0v) is 13.2. The highest BCUT2D eigenvalue weighted by Gasteiger charge is 2.17. The minimum atomic E-state index is -3.49. The largest absolute Gasteiger partial charge is 0.399 e. The fourth-order valence-corrected chi connectivity index (χ4v) is 3.67. The molecule has 0 aliphatic carbocycles. The number of sulfonamides is 1. The maximum atomic E-state index is 12.3. The zero-order chi connectivity index (χ0) is 15.3. The SMILES string of the molecule is Cc1ccc(N)cc1S(=O)(=O)NCCCN1CCOCC1. The molecule has 1 aliphatic heterocycles. The second-order valence-corrected chi connectivity index (χ2v) is 6.97. The van der Waals surface area contributed by atoms with Crippen LogP contribution in [0.5, 0.6) is 0 Å². The van der Waals surface area contributed by atoms with Gasteiger partial charge in [0.25, 0.3) is 0 Å². The average Bonchev–Trinajstić information content (AvgIpc) is 2.47. The fourth-order valence-electron chi connectivity index (χ4n) is 2.32. The number of aryl methyl sites for hydroxylation is 1. The first-order valence-electron chi connectivity index (χ1n) is 7.15. The average molecular weight is 313 g/mol. The second-order valence-electron chi connectivity index (χ2n) is 5.23. The first-order chi connectivity index (χ1) is 9.99. The van der Waals surface area contributed by atoms with Crippen LogP contribution >= 0.6 is 0 Å². The predicted molar refractivity (Wildman–Crippen MR) is 82.7 cm³/mol.